The molecule has 1 atom stereocenters. The van der Waals surface area contributed by atoms with E-state index in [1.165, 1.54) is 13.8 Å². The van der Waals surface area contributed by atoms with Gasteiger partial charge in [0.1, 0.15) is 6.04 Å². The van der Waals surface area contributed by atoms with Gasteiger partial charge >= 0.3 is 53.6 Å². The predicted molar refractivity (Wildman–Crippen MR) is 84.0 cm³/mol. The van der Waals surface area contributed by atoms with Gasteiger partial charge in [-0.15, -0.1) is 0 Å². The number of ether oxygens (including phenoxy) is 1. The van der Waals surface area contributed by atoms with Gasteiger partial charge in [0, 0.05) is 13.0 Å². The summed E-state index contributed by atoms with van der Waals surface area (Å²) < 4.78 is 228. The third-order valence-electron chi connectivity index (χ3n) is 4.60. The van der Waals surface area contributed by atoms with Crippen LogP contribution in [0, 0.1) is 0 Å². The number of alkyl halides is 17. The highest BCUT2D eigenvalue weighted by atomic mass is 19.4. The van der Waals surface area contributed by atoms with Crippen molar-refractivity contribution in [3.8, 4) is 0 Å². The lowest BCUT2D eigenvalue weighted by atomic mass is 9.88. The van der Waals surface area contributed by atoms with Crippen LogP contribution in [-0.2, 0) is 9.53 Å². The first-order valence-corrected chi connectivity index (χ1v) is 9.27. The molecule has 0 aromatic heterocycles. The Bertz CT molecular complexity index is 762. The predicted octanol–water partition coefficient (Wildman–Crippen LogP) is 6.32. The molecule has 216 valence electrons. The van der Waals surface area contributed by atoms with Crippen molar-refractivity contribution in [1.29, 1.82) is 0 Å². The fourth-order valence-corrected chi connectivity index (χ4v) is 2.39. The molecule has 0 amide bonds. The molecule has 0 saturated heterocycles. The van der Waals surface area contributed by atoms with Gasteiger partial charge in [-0.1, -0.05) is 6.92 Å². The van der Waals surface area contributed by atoms with Gasteiger partial charge in [0.2, 0.25) is 0 Å². The number of hydrogen-bond donors (Lipinski definition) is 1. The Kier molecular flexibility index (Phi) is 9.69. The van der Waals surface area contributed by atoms with E-state index in [0.29, 0.717) is 0 Å². The van der Waals surface area contributed by atoms with Gasteiger partial charge in [0.25, 0.3) is 0 Å². The average molecular weight is 577 g/mol. The second kappa shape index (κ2) is 10.2. The van der Waals surface area contributed by atoms with E-state index in [-0.39, 0.29) is 13.0 Å². The Balaban J connectivity index is 6.22. The summed E-state index contributed by atoms with van der Waals surface area (Å²) in [6.07, 6.45) is -10.8. The first-order chi connectivity index (χ1) is 15.7. The number of nitrogens with one attached hydrogen (secondary N) is 1. The van der Waals surface area contributed by atoms with Gasteiger partial charge in [-0.2, -0.15) is 74.6 Å². The molecular formula is C16H16F17NO2. The number of rotatable bonds is 13. The summed E-state index contributed by atoms with van der Waals surface area (Å²) in [5, 5.41) is 1.75. The van der Waals surface area contributed by atoms with E-state index in [4.69, 9.17) is 0 Å². The normalized spacial score (nSPS) is 16.2. The zero-order chi connectivity index (χ0) is 29.4. The van der Waals surface area contributed by atoms with Crippen molar-refractivity contribution in [2.45, 2.75) is 80.4 Å². The number of hydrogen-bond acceptors (Lipinski definition) is 3. The maximum Gasteiger partial charge on any atom is 0.460 e. The Hall–Kier alpha value is -1.76. The summed E-state index contributed by atoms with van der Waals surface area (Å²) in [7, 11) is 0. The number of carbonyl (C=O) groups is 1. The minimum atomic E-state index is -8.66. The van der Waals surface area contributed by atoms with E-state index in [2.05, 4.69) is 4.74 Å². The van der Waals surface area contributed by atoms with E-state index in [0.717, 1.165) is 0 Å². The lowest BCUT2D eigenvalue weighted by molar-refractivity contribution is -0.461. The molecule has 0 radical (unpaired) electrons. The fourth-order valence-electron chi connectivity index (χ4n) is 2.39. The zero-order valence-electron chi connectivity index (χ0n) is 17.6. The maximum absolute atomic E-state index is 13.8. The lowest BCUT2D eigenvalue weighted by Gasteiger charge is -2.42. The number of carbonyl (C=O) groups excluding carboxylic acids is 1. The maximum atomic E-state index is 13.8. The van der Waals surface area contributed by atoms with Crippen LogP contribution in [0.25, 0.3) is 0 Å². The highest BCUT2D eigenvalue weighted by molar-refractivity contribution is 5.75. The summed E-state index contributed by atoms with van der Waals surface area (Å²) in [6, 6.07) is -1.55. The smallest absolute Gasteiger partial charge is 0.460 e. The summed E-state index contributed by atoms with van der Waals surface area (Å²) in [5.74, 6) is -57.7. The second-order valence-electron chi connectivity index (χ2n) is 7.07. The molecule has 0 unspecified atom stereocenters. The van der Waals surface area contributed by atoms with Crippen LogP contribution >= 0.6 is 0 Å². The van der Waals surface area contributed by atoms with Crippen molar-refractivity contribution in [2.75, 3.05) is 13.2 Å². The van der Waals surface area contributed by atoms with E-state index in [9.17, 15) is 79.4 Å². The van der Waals surface area contributed by atoms with Crippen LogP contribution < -0.4 is 5.32 Å². The van der Waals surface area contributed by atoms with Crippen molar-refractivity contribution in [2.24, 2.45) is 0 Å². The highest BCUT2D eigenvalue weighted by Gasteiger charge is 2.95. The topological polar surface area (TPSA) is 38.3 Å². The molecule has 0 aromatic carbocycles. The molecule has 0 rings (SSSR count). The third kappa shape index (κ3) is 5.27. The fraction of sp³-hybridized carbons (Fsp3) is 0.938. The van der Waals surface area contributed by atoms with Crippen LogP contribution in [0.15, 0.2) is 0 Å². The molecule has 0 aromatic rings. The van der Waals surface area contributed by atoms with Gasteiger partial charge in [0.15, 0.2) is 0 Å². The summed E-state index contributed by atoms with van der Waals surface area (Å²) in [4.78, 5) is 11.4. The van der Waals surface area contributed by atoms with E-state index >= 15 is 0 Å². The van der Waals surface area contributed by atoms with Crippen molar-refractivity contribution < 1.29 is 84.2 Å². The molecule has 0 bridgehead atoms. The van der Waals surface area contributed by atoms with Gasteiger partial charge in [0.05, 0.1) is 6.61 Å². The number of halogens is 17. The van der Waals surface area contributed by atoms with Crippen LogP contribution in [0.3, 0.4) is 0 Å². The minimum absolute atomic E-state index is 0.279. The van der Waals surface area contributed by atoms with Crippen molar-refractivity contribution in [3.63, 3.8) is 0 Å². The molecule has 0 saturated carbocycles. The molecular weight excluding hydrogens is 561 g/mol. The van der Waals surface area contributed by atoms with Crippen molar-refractivity contribution in [1.82, 2.24) is 5.32 Å². The molecule has 0 aliphatic rings. The molecule has 0 heterocycles. The van der Waals surface area contributed by atoms with Crippen LogP contribution in [0.4, 0.5) is 74.6 Å². The van der Waals surface area contributed by atoms with Gasteiger partial charge in [-0.3, -0.25) is 4.79 Å². The summed E-state index contributed by atoms with van der Waals surface area (Å²) in [5.41, 5.74) is 0. The van der Waals surface area contributed by atoms with E-state index in [1.807, 2.05) is 0 Å². The second-order valence-corrected chi connectivity index (χ2v) is 7.07. The Morgan fingerprint density at radius 1 is 0.639 bits per heavy atom. The molecule has 3 nitrogen and oxygen atoms in total. The third-order valence-corrected chi connectivity index (χ3v) is 4.60. The number of esters is 1. The standard InChI is InChI=1S/C16H16F17NO2/c1-3-7(8(35)36-4-2)34-6-5-9(17,18)10(19,20)11(21,22)12(23,24)13(25,26)14(27,28)15(29,30)16(31,32)33/h7,34H,3-6H2,1-2H3/t7-/m0/s1. The molecule has 1 N–H and O–H groups in total. The molecule has 0 fully saturated rings. The molecule has 0 aliphatic carbocycles. The van der Waals surface area contributed by atoms with Crippen molar-refractivity contribution >= 4 is 5.97 Å². The zero-order valence-corrected chi connectivity index (χ0v) is 17.6. The van der Waals surface area contributed by atoms with Crippen LogP contribution in [0.5, 0.6) is 0 Å². The van der Waals surface area contributed by atoms with E-state index in [1.54, 1.807) is 5.32 Å². The molecule has 0 aliphatic heterocycles. The minimum Gasteiger partial charge on any atom is -0.465 e. The molecule has 0 spiro atoms. The van der Waals surface area contributed by atoms with Crippen LogP contribution in [0.1, 0.15) is 26.7 Å². The highest BCUT2D eigenvalue weighted by Crippen LogP contribution is 2.64. The molecule has 36 heavy (non-hydrogen) atoms. The summed E-state index contributed by atoms with van der Waals surface area (Å²) >= 11 is 0. The SMILES string of the molecule is CCOC(=O)[C@H](CC)NCCC(F)(F)C(F)(F)C(F)(F)C(F)(F)C(F)(F)C(F)(F)C(F)(F)C(F)(F)F. The van der Waals surface area contributed by atoms with E-state index < -0.39 is 72.6 Å². The van der Waals surface area contributed by atoms with Crippen LogP contribution in [0.2, 0.25) is 0 Å². The Labute approximate surface area is 190 Å². The molecule has 20 heteroatoms. The van der Waals surface area contributed by atoms with Gasteiger partial charge in [-0.25, -0.2) is 0 Å². The summed E-state index contributed by atoms with van der Waals surface area (Å²) in [6.45, 7) is 0.569. The Morgan fingerprint density at radius 2 is 1.00 bits per heavy atom. The first-order valence-electron chi connectivity index (χ1n) is 9.27. The Morgan fingerprint density at radius 3 is 1.33 bits per heavy atom. The average Bonchev–Trinajstić information content (AvgIpc) is 2.69. The van der Waals surface area contributed by atoms with Crippen molar-refractivity contribution in [3.05, 3.63) is 0 Å². The monoisotopic (exact) mass is 577 g/mol. The van der Waals surface area contributed by atoms with Gasteiger partial charge < -0.3 is 10.1 Å². The first kappa shape index (κ1) is 34.2. The largest absolute Gasteiger partial charge is 0.465 e. The quantitative estimate of drug-likeness (QED) is 0.206. The lowest BCUT2D eigenvalue weighted by Crippen LogP contribution is -2.74. The van der Waals surface area contributed by atoms with Crippen LogP contribution in [-0.4, -0.2) is 72.8 Å². The van der Waals surface area contributed by atoms with Gasteiger partial charge in [-0.05, 0) is 13.3 Å².